The van der Waals surface area contributed by atoms with Gasteiger partial charge in [0.1, 0.15) is 0 Å². The van der Waals surface area contributed by atoms with Crippen molar-refractivity contribution in [3.05, 3.63) is 56.8 Å². The lowest BCUT2D eigenvalue weighted by atomic mass is 9.93. The number of fused-ring (bicyclic) bond motifs is 1. The lowest BCUT2D eigenvalue weighted by molar-refractivity contribution is 0.157. The molecule has 1 aliphatic rings. The number of aryl methyl sites for hydroxylation is 1. The van der Waals surface area contributed by atoms with E-state index in [1.54, 1.807) is 0 Å². The number of aromatic nitrogens is 1. The summed E-state index contributed by atoms with van der Waals surface area (Å²) in [6, 6.07) is 5.94. The molecule has 1 unspecified atom stereocenters. The fraction of sp³-hybridized carbons (Fsp3) is 0.333. The van der Waals surface area contributed by atoms with E-state index in [1.807, 2.05) is 18.2 Å². The molecule has 100 valence electrons. The second-order valence-electron chi connectivity index (χ2n) is 5.05. The van der Waals surface area contributed by atoms with Crippen LogP contribution in [0.15, 0.2) is 35.1 Å². The van der Waals surface area contributed by atoms with E-state index in [2.05, 4.69) is 32.9 Å². The van der Waals surface area contributed by atoms with Gasteiger partial charge in [-0.25, -0.2) is 0 Å². The SMILES string of the molecule is OC1CCCc2cn(Cc3ccc(Br)cc3Cl)cc21. The zero-order valence-electron chi connectivity index (χ0n) is 10.4. The zero-order chi connectivity index (χ0) is 13.4. The fourth-order valence-corrected chi connectivity index (χ4v) is 3.39. The Morgan fingerprint density at radius 3 is 2.95 bits per heavy atom. The summed E-state index contributed by atoms with van der Waals surface area (Å²) in [6.45, 7) is 0.742. The fourth-order valence-electron chi connectivity index (χ4n) is 2.66. The predicted molar refractivity (Wildman–Crippen MR) is 80.6 cm³/mol. The van der Waals surface area contributed by atoms with Crippen LogP contribution in [0.4, 0.5) is 0 Å². The summed E-state index contributed by atoms with van der Waals surface area (Å²) >= 11 is 9.65. The zero-order valence-corrected chi connectivity index (χ0v) is 12.8. The molecule has 0 aliphatic heterocycles. The molecule has 0 bridgehead atoms. The highest BCUT2D eigenvalue weighted by Gasteiger charge is 2.19. The molecular formula is C15H15BrClNO. The van der Waals surface area contributed by atoms with Crippen molar-refractivity contribution in [1.29, 1.82) is 0 Å². The van der Waals surface area contributed by atoms with Gasteiger partial charge in [0.05, 0.1) is 6.10 Å². The van der Waals surface area contributed by atoms with Gasteiger partial charge in [0, 0.05) is 34.0 Å². The van der Waals surface area contributed by atoms with Crippen molar-refractivity contribution in [3.8, 4) is 0 Å². The Morgan fingerprint density at radius 2 is 2.21 bits per heavy atom. The first-order valence-corrected chi connectivity index (χ1v) is 7.61. The van der Waals surface area contributed by atoms with Gasteiger partial charge >= 0.3 is 0 Å². The summed E-state index contributed by atoms with van der Waals surface area (Å²) in [5.74, 6) is 0. The van der Waals surface area contributed by atoms with E-state index in [-0.39, 0.29) is 6.10 Å². The number of aliphatic hydroxyl groups excluding tert-OH is 1. The highest BCUT2D eigenvalue weighted by atomic mass is 79.9. The standard InChI is InChI=1S/C15H15BrClNO/c16-12-5-4-11(14(17)6-12)8-18-7-10-2-1-3-15(19)13(10)9-18/h4-7,9,15,19H,1-3,8H2. The van der Waals surface area contributed by atoms with Gasteiger partial charge in [0.25, 0.3) is 0 Å². The van der Waals surface area contributed by atoms with Gasteiger partial charge in [0.2, 0.25) is 0 Å². The van der Waals surface area contributed by atoms with E-state index in [4.69, 9.17) is 11.6 Å². The summed E-state index contributed by atoms with van der Waals surface area (Å²) in [4.78, 5) is 0. The molecule has 3 rings (SSSR count). The van der Waals surface area contributed by atoms with E-state index in [9.17, 15) is 5.11 Å². The Bertz CT molecular complexity index is 608. The summed E-state index contributed by atoms with van der Waals surface area (Å²) < 4.78 is 3.11. The topological polar surface area (TPSA) is 25.2 Å². The van der Waals surface area contributed by atoms with Crippen LogP contribution in [0.3, 0.4) is 0 Å². The quantitative estimate of drug-likeness (QED) is 0.865. The maximum atomic E-state index is 9.99. The summed E-state index contributed by atoms with van der Waals surface area (Å²) in [5, 5.41) is 10.8. The first-order valence-electron chi connectivity index (χ1n) is 6.44. The monoisotopic (exact) mass is 339 g/mol. The molecule has 1 aromatic heterocycles. The normalized spacial score (nSPS) is 18.4. The van der Waals surface area contributed by atoms with Gasteiger partial charge in [-0.3, -0.25) is 0 Å². The molecular weight excluding hydrogens is 326 g/mol. The number of rotatable bonds is 2. The second-order valence-corrected chi connectivity index (χ2v) is 6.38. The van der Waals surface area contributed by atoms with Gasteiger partial charge < -0.3 is 9.67 Å². The molecule has 0 saturated heterocycles. The third-order valence-electron chi connectivity index (χ3n) is 3.65. The summed E-state index contributed by atoms with van der Waals surface area (Å²) in [7, 11) is 0. The van der Waals surface area contributed by atoms with Crippen LogP contribution < -0.4 is 0 Å². The first-order chi connectivity index (χ1) is 9.13. The number of halogens is 2. The van der Waals surface area contributed by atoms with Crippen LogP contribution in [0.25, 0.3) is 0 Å². The molecule has 1 N–H and O–H groups in total. The lowest BCUT2D eigenvalue weighted by Crippen LogP contribution is -2.05. The molecule has 0 spiro atoms. The third-order valence-corrected chi connectivity index (χ3v) is 4.49. The van der Waals surface area contributed by atoms with Crippen molar-refractivity contribution in [1.82, 2.24) is 4.57 Å². The minimum atomic E-state index is -0.301. The van der Waals surface area contributed by atoms with Crippen LogP contribution in [0.1, 0.15) is 35.6 Å². The predicted octanol–water partition coefficient (Wildman–Crippen LogP) is 4.32. The van der Waals surface area contributed by atoms with Gasteiger partial charge in [0.15, 0.2) is 0 Å². The van der Waals surface area contributed by atoms with Crippen LogP contribution in [0, 0.1) is 0 Å². The molecule has 2 aromatic rings. The maximum absolute atomic E-state index is 9.99. The van der Waals surface area contributed by atoms with E-state index >= 15 is 0 Å². The van der Waals surface area contributed by atoms with Crippen LogP contribution in [-0.4, -0.2) is 9.67 Å². The van der Waals surface area contributed by atoms with E-state index in [0.29, 0.717) is 0 Å². The molecule has 1 heterocycles. The van der Waals surface area contributed by atoms with Crippen molar-refractivity contribution >= 4 is 27.5 Å². The number of nitrogens with zero attached hydrogens (tertiary/aromatic N) is 1. The highest BCUT2D eigenvalue weighted by Crippen LogP contribution is 2.31. The Labute approximate surface area is 126 Å². The number of benzene rings is 1. The Balaban J connectivity index is 1.87. The van der Waals surface area contributed by atoms with E-state index in [0.717, 1.165) is 46.4 Å². The highest BCUT2D eigenvalue weighted by molar-refractivity contribution is 9.10. The van der Waals surface area contributed by atoms with Crippen molar-refractivity contribution in [2.45, 2.75) is 31.9 Å². The second kappa shape index (κ2) is 5.31. The average Bonchev–Trinajstić information content (AvgIpc) is 2.77. The number of hydrogen-bond acceptors (Lipinski definition) is 1. The van der Waals surface area contributed by atoms with Crippen molar-refractivity contribution < 1.29 is 5.11 Å². The minimum Gasteiger partial charge on any atom is -0.388 e. The largest absolute Gasteiger partial charge is 0.388 e. The Morgan fingerprint density at radius 1 is 1.37 bits per heavy atom. The molecule has 0 radical (unpaired) electrons. The van der Waals surface area contributed by atoms with Crippen molar-refractivity contribution in [2.24, 2.45) is 0 Å². The molecule has 0 saturated carbocycles. The molecule has 19 heavy (non-hydrogen) atoms. The molecule has 2 nitrogen and oxygen atoms in total. The number of hydrogen-bond donors (Lipinski definition) is 1. The van der Waals surface area contributed by atoms with E-state index in [1.165, 1.54) is 5.56 Å². The smallest absolute Gasteiger partial charge is 0.0807 e. The first kappa shape index (κ1) is 13.2. The molecule has 0 fully saturated rings. The molecule has 1 aliphatic carbocycles. The van der Waals surface area contributed by atoms with Crippen molar-refractivity contribution in [3.63, 3.8) is 0 Å². The van der Waals surface area contributed by atoms with Gasteiger partial charge in [-0.05, 0) is 42.5 Å². The molecule has 0 amide bonds. The van der Waals surface area contributed by atoms with Crippen LogP contribution in [0.5, 0.6) is 0 Å². The summed E-state index contributed by atoms with van der Waals surface area (Å²) in [5.41, 5.74) is 3.44. The number of aliphatic hydroxyl groups is 1. The van der Waals surface area contributed by atoms with Crippen molar-refractivity contribution in [2.75, 3.05) is 0 Å². The van der Waals surface area contributed by atoms with E-state index < -0.39 is 0 Å². The summed E-state index contributed by atoms with van der Waals surface area (Å²) in [6.07, 6.45) is 6.89. The maximum Gasteiger partial charge on any atom is 0.0807 e. The molecule has 1 atom stereocenters. The van der Waals surface area contributed by atoms with Crippen LogP contribution >= 0.6 is 27.5 Å². The lowest BCUT2D eigenvalue weighted by Gasteiger charge is -2.16. The molecule has 4 heteroatoms. The Hall–Kier alpha value is -0.770. The van der Waals surface area contributed by atoms with Gasteiger partial charge in [-0.1, -0.05) is 33.6 Å². The van der Waals surface area contributed by atoms with Crippen LogP contribution in [0.2, 0.25) is 5.02 Å². The molecule has 1 aromatic carbocycles. The third kappa shape index (κ3) is 2.73. The Kier molecular flexibility index (Phi) is 3.70. The van der Waals surface area contributed by atoms with Gasteiger partial charge in [-0.2, -0.15) is 0 Å². The minimum absolute atomic E-state index is 0.301. The average molecular weight is 341 g/mol. The van der Waals surface area contributed by atoms with Crippen LogP contribution in [-0.2, 0) is 13.0 Å². The van der Waals surface area contributed by atoms with Gasteiger partial charge in [-0.15, -0.1) is 0 Å².